The lowest BCUT2D eigenvalue weighted by molar-refractivity contribution is -0.398. The molecule has 0 spiro atoms. The summed E-state index contributed by atoms with van der Waals surface area (Å²) in [6, 6.07) is -1.58. The molecule has 24 nitrogen and oxygen atoms in total. The van der Waals surface area contributed by atoms with E-state index < -0.39 is 166 Å². The smallest absolute Gasteiger partial charge is 0.364 e. The summed E-state index contributed by atoms with van der Waals surface area (Å²) in [5.41, 5.74) is 0. The molecule has 1 amide bonds. The van der Waals surface area contributed by atoms with Crippen LogP contribution in [0.15, 0.2) is 0 Å². The van der Waals surface area contributed by atoms with Crippen LogP contribution >= 0.6 is 0 Å². The van der Waals surface area contributed by atoms with Gasteiger partial charge in [0.05, 0.1) is 38.1 Å². The van der Waals surface area contributed by atoms with E-state index in [1.807, 2.05) is 6.92 Å². The van der Waals surface area contributed by atoms with Gasteiger partial charge in [-0.25, -0.2) is 4.79 Å². The summed E-state index contributed by atoms with van der Waals surface area (Å²) < 4.78 is 45.8. The van der Waals surface area contributed by atoms with Crippen molar-refractivity contribution in [3.8, 4) is 0 Å². The SMILES string of the molecule is CCCCO[C@@H]1OC(CO)[C@@H](O[C@@H]2OC(C)[C@@H](O)C(O)C2O)C(O[C@@H]2OC(CO)[C@H](O)C(O[C@]3(C(=O)O)CC(O)[C@@H](NC(C)=O)C([C@H](O)[C@H](O)CO)O3)C2O)C1O. The van der Waals surface area contributed by atoms with Crippen LogP contribution in [0.4, 0.5) is 0 Å². The summed E-state index contributed by atoms with van der Waals surface area (Å²) in [6.07, 6.45) is -34.7. The molecule has 0 aromatic carbocycles. The van der Waals surface area contributed by atoms with E-state index in [0.29, 0.717) is 12.8 Å². The first kappa shape index (κ1) is 47.8. The van der Waals surface area contributed by atoms with E-state index in [1.165, 1.54) is 6.92 Å². The monoisotopic (exact) mass is 835 g/mol. The first-order valence-electron chi connectivity index (χ1n) is 18.6. The van der Waals surface area contributed by atoms with Gasteiger partial charge in [-0.3, -0.25) is 4.79 Å². The third kappa shape index (κ3) is 10.5. The second-order valence-corrected chi connectivity index (χ2v) is 14.5. The summed E-state index contributed by atoms with van der Waals surface area (Å²) in [4.78, 5) is 24.8. The second-order valence-electron chi connectivity index (χ2n) is 14.5. The number of aliphatic hydroxyl groups is 12. The zero-order valence-electron chi connectivity index (χ0n) is 31.4. The van der Waals surface area contributed by atoms with E-state index >= 15 is 0 Å². The maximum absolute atomic E-state index is 12.9. The molecule has 21 atom stereocenters. The highest BCUT2D eigenvalue weighted by Crippen LogP contribution is 2.39. The quantitative estimate of drug-likeness (QED) is 0.0605. The number of unbranched alkanes of at least 4 members (excludes halogenated alkanes) is 1. The summed E-state index contributed by atoms with van der Waals surface area (Å²) in [5.74, 6) is -5.86. The molecule has 0 radical (unpaired) electrons. The third-order valence-electron chi connectivity index (χ3n) is 10.3. The highest BCUT2D eigenvalue weighted by atomic mass is 16.8. The van der Waals surface area contributed by atoms with Crippen LogP contribution < -0.4 is 5.32 Å². The highest BCUT2D eigenvalue weighted by molar-refractivity contribution is 5.76. The molecule has 4 fully saturated rings. The van der Waals surface area contributed by atoms with Crippen LogP contribution in [-0.2, 0) is 47.5 Å². The van der Waals surface area contributed by atoms with Gasteiger partial charge in [-0.1, -0.05) is 13.3 Å². The Kier molecular flexibility index (Phi) is 17.3. The minimum atomic E-state index is -3.09. The first-order valence-corrected chi connectivity index (χ1v) is 18.6. The zero-order chi connectivity index (χ0) is 42.5. The summed E-state index contributed by atoms with van der Waals surface area (Å²) in [6.45, 7) is 1.36. The van der Waals surface area contributed by atoms with Crippen LogP contribution in [0, 0.1) is 0 Å². The van der Waals surface area contributed by atoms with Crippen LogP contribution in [-0.4, -0.2) is 233 Å². The zero-order valence-corrected chi connectivity index (χ0v) is 31.4. The van der Waals surface area contributed by atoms with Crippen molar-refractivity contribution in [3.63, 3.8) is 0 Å². The average molecular weight is 836 g/mol. The van der Waals surface area contributed by atoms with Gasteiger partial charge in [-0.15, -0.1) is 0 Å². The topological polar surface area (TPSA) is 383 Å². The number of nitrogens with one attached hydrogen (secondary N) is 1. The van der Waals surface area contributed by atoms with Gasteiger partial charge in [-0.05, 0) is 13.3 Å². The molecule has 0 aromatic heterocycles. The molecular weight excluding hydrogens is 778 g/mol. The van der Waals surface area contributed by atoms with E-state index in [2.05, 4.69) is 5.32 Å². The second kappa shape index (κ2) is 20.6. The fourth-order valence-corrected chi connectivity index (χ4v) is 7.05. The number of ether oxygens (including phenoxy) is 8. The molecule has 332 valence electrons. The minimum absolute atomic E-state index is 0.0504. The molecule has 4 rings (SSSR count). The molecule has 0 aliphatic carbocycles. The summed E-state index contributed by atoms with van der Waals surface area (Å²) in [7, 11) is 0. The number of rotatable bonds is 17. The van der Waals surface area contributed by atoms with Crippen molar-refractivity contribution in [2.75, 3.05) is 26.4 Å². The molecule has 4 aliphatic rings. The van der Waals surface area contributed by atoms with Gasteiger partial charge in [0.15, 0.2) is 18.9 Å². The number of aliphatic carboxylic acids is 1. The summed E-state index contributed by atoms with van der Waals surface area (Å²) in [5, 5.41) is 140. The maximum Gasteiger partial charge on any atom is 0.364 e. The van der Waals surface area contributed by atoms with Crippen molar-refractivity contribution >= 4 is 11.9 Å². The number of aliphatic hydroxyl groups excluding tert-OH is 12. The van der Waals surface area contributed by atoms with Crippen molar-refractivity contribution in [2.24, 2.45) is 0 Å². The van der Waals surface area contributed by atoms with Crippen molar-refractivity contribution in [1.29, 1.82) is 0 Å². The van der Waals surface area contributed by atoms with Crippen molar-refractivity contribution in [3.05, 3.63) is 0 Å². The normalized spacial score (nSPS) is 45.2. The molecule has 0 aromatic rings. The third-order valence-corrected chi connectivity index (χ3v) is 10.3. The number of hydrogen-bond donors (Lipinski definition) is 14. The lowest BCUT2D eigenvalue weighted by Gasteiger charge is -2.51. The molecule has 14 N–H and O–H groups in total. The van der Waals surface area contributed by atoms with Crippen molar-refractivity contribution in [2.45, 2.75) is 168 Å². The van der Waals surface area contributed by atoms with Crippen molar-refractivity contribution in [1.82, 2.24) is 5.32 Å². The van der Waals surface area contributed by atoms with Gasteiger partial charge in [0.2, 0.25) is 5.91 Å². The standard InChI is InChI=1S/C33H57NO23/c1-4-5-6-50-29-24(47)28(25(16(10-37)53-29)54-30-22(45)21(44)18(41)11(2)51-30)55-31-23(46)27(20(43)15(9-36)52-31)57-33(32(48)49)7-13(39)17(34-12(3)38)26(56-33)19(42)14(40)8-35/h11,13-31,35-37,39-47H,4-10H2,1-3H3,(H,34,38)(H,48,49)/t11?,13?,14-,15?,16?,17-,18-,19-,20+,21?,22?,23?,24?,25-,26?,27?,28?,29-,30+,31+,33+/m1/s1. The largest absolute Gasteiger partial charge is 0.477 e. The van der Waals surface area contributed by atoms with Gasteiger partial charge in [0, 0.05) is 20.0 Å². The Bertz CT molecular complexity index is 1290. The number of carbonyl (C=O) groups excluding carboxylic acids is 1. The fraction of sp³-hybridized carbons (Fsp3) is 0.939. The number of carboxylic acid groups (broad SMARTS) is 1. The number of amides is 1. The maximum atomic E-state index is 12.9. The number of carboxylic acids is 1. The molecule has 0 saturated carbocycles. The predicted molar refractivity (Wildman–Crippen MR) is 180 cm³/mol. The van der Waals surface area contributed by atoms with Gasteiger partial charge in [0.25, 0.3) is 5.79 Å². The van der Waals surface area contributed by atoms with E-state index in [0.717, 1.165) is 6.92 Å². The van der Waals surface area contributed by atoms with E-state index in [4.69, 9.17) is 37.9 Å². The van der Waals surface area contributed by atoms with Gasteiger partial charge in [0.1, 0.15) is 85.5 Å². The van der Waals surface area contributed by atoms with Crippen LogP contribution in [0.2, 0.25) is 0 Å². The van der Waals surface area contributed by atoms with Crippen LogP contribution in [0.25, 0.3) is 0 Å². The van der Waals surface area contributed by atoms with E-state index in [-0.39, 0.29) is 6.61 Å². The van der Waals surface area contributed by atoms with E-state index in [9.17, 15) is 76.0 Å². The van der Waals surface area contributed by atoms with Gasteiger partial charge < -0.3 is 110 Å². The molecular formula is C33H57NO23. The number of carbonyl (C=O) groups is 2. The lowest BCUT2D eigenvalue weighted by Crippen LogP contribution is -2.71. The molecule has 4 saturated heterocycles. The Morgan fingerprint density at radius 3 is 1.96 bits per heavy atom. The van der Waals surface area contributed by atoms with Crippen LogP contribution in [0.1, 0.15) is 40.0 Å². The average Bonchev–Trinajstić information content (AvgIpc) is 3.17. The highest BCUT2D eigenvalue weighted by Gasteiger charge is 2.60. The van der Waals surface area contributed by atoms with E-state index in [1.54, 1.807) is 0 Å². The summed E-state index contributed by atoms with van der Waals surface area (Å²) >= 11 is 0. The lowest BCUT2D eigenvalue weighted by atomic mass is 9.88. The fourth-order valence-electron chi connectivity index (χ4n) is 7.05. The Morgan fingerprint density at radius 2 is 1.39 bits per heavy atom. The Morgan fingerprint density at radius 1 is 0.789 bits per heavy atom. The molecule has 11 unspecified atom stereocenters. The first-order chi connectivity index (χ1) is 26.9. The molecule has 4 aliphatic heterocycles. The molecule has 4 heterocycles. The minimum Gasteiger partial charge on any atom is -0.477 e. The Hall–Kier alpha value is -1.86. The molecule has 24 heteroatoms. The van der Waals surface area contributed by atoms with Crippen LogP contribution in [0.3, 0.4) is 0 Å². The Balaban J connectivity index is 1.69. The Labute approximate surface area is 326 Å². The van der Waals surface area contributed by atoms with Crippen molar-refractivity contribution < 1.29 is 114 Å². The molecule has 0 bridgehead atoms. The predicted octanol–water partition coefficient (Wildman–Crippen LogP) is -7.55. The van der Waals surface area contributed by atoms with Crippen LogP contribution in [0.5, 0.6) is 0 Å². The van der Waals surface area contributed by atoms with Gasteiger partial charge in [-0.2, -0.15) is 0 Å². The molecule has 57 heavy (non-hydrogen) atoms. The van der Waals surface area contributed by atoms with Gasteiger partial charge >= 0.3 is 5.97 Å². The number of hydrogen-bond acceptors (Lipinski definition) is 22.